The largest absolute Gasteiger partial charge is 0.457 e. The predicted molar refractivity (Wildman–Crippen MR) is 112 cm³/mol. The van der Waals surface area contributed by atoms with Crippen molar-refractivity contribution < 1.29 is 23.0 Å². The van der Waals surface area contributed by atoms with Crippen molar-refractivity contribution in [3.8, 4) is 11.5 Å². The summed E-state index contributed by atoms with van der Waals surface area (Å²) in [5.41, 5.74) is 1.18. The Morgan fingerprint density at radius 2 is 1.70 bits per heavy atom. The summed E-state index contributed by atoms with van der Waals surface area (Å²) in [4.78, 5) is 12.8. The highest BCUT2D eigenvalue weighted by Gasteiger charge is 2.62. The van der Waals surface area contributed by atoms with Gasteiger partial charge in [0, 0.05) is 11.5 Å². The minimum Gasteiger partial charge on any atom is -0.457 e. The smallest absolute Gasteiger partial charge is 0.311 e. The molecule has 2 aromatic carbocycles. The van der Waals surface area contributed by atoms with Gasteiger partial charge < -0.3 is 9.47 Å². The van der Waals surface area contributed by atoms with Crippen molar-refractivity contribution in [1.82, 2.24) is 0 Å². The van der Waals surface area contributed by atoms with E-state index in [9.17, 15) is 13.6 Å². The fraction of sp³-hybridized carbons (Fsp3) is 0.320. The van der Waals surface area contributed by atoms with Gasteiger partial charge in [-0.2, -0.15) is 8.78 Å². The van der Waals surface area contributed by atoms with E-state index in [0.717, 1.165) is 17.2 Å². The Kier molecular flexibility index (Phi) is 6.40. The van der Waals surface area contributed by atoms with Crippen LogP contribution in [0.1, 0.15) is 39.4 Å². The van der Waals surface area contributed by atoms with Gasteiger partial charge in [0.1, 0.15) is 17.6 Å². The molecule has 0 aliphatic heterocycles. The maximum Gasteiger partial charge on any atom is 0.311 e. The second kappa shape index (κ2) is 8.82. The van der Waals surface area contributed by atoms with Crippen molar-refractivity contribution in [2.45, 2.75) is 33.8 Å². The van der Waals surface area contributed by atoms with Gasteiger partial charge in [-0.05, 0) is 55.7 Å². The molecule has 0 bridgehead atoms. The van der Waals surface area contributed by atoms with Gasteiger partial charge in [-0.15, -0.1) is 0 Å². The number of hydrogen-bond donors (Lipinski definition) is 0. The Hall–Kier alpha value is -2.95. The second-order valence-electron chi connectivity index (χ2n) is 8.37. The van der Waals surface area contributed by atoms with Gasteiger partial charge in [0.25, 0.3) is 6.08 Å². The average molecular weight is 412 g/mol. The molecule has 0 amide bonds. The van der Waals surface area contributed by atoms with Crippen LogP contribution < -0.4 is 4.74 Å². The van der Waals surface area contributed by atoms with Crippen LogP contribution in [-0.4, -0.2) is 5.97 Å². The first-order chi connectivity index (χ1) is 14.2. The van der Waals surface area contributed by atoms with Gasteiger partial charge in [0.05, 0.1) is 5.92 Å². The number of hydrogen-bond acceptors (Lipinski definition) is 3. The number of ether oxygens (including phenoxy) is 2. The lowest BCUT2D eigenvalue weighted by molar-refractivity contribution is -0.149. The first kappa shape index (κ1) is 21.8. The molecule has 2 aromatic rings. The lowest BCUT2D eigenvalue weighted by atomic mass is 10.1. The number of benzene rings is 2. The number of allylic oxidation sites excluding steroid dienone is 2. The first-order valence-electron chi connectivity index (χ1n) is 9.89. The van der Waals surface area contributed by atoms with Gasteiger partial charge in [-0.3, -0.25) is 4.79 Å². The molecule has 1 aliphatic rings. The molecular formula is C25H26F2O3. The topological polar surface area (TPSA) is 35.5 Å². The highest BCUT2D eigenvalue weighted by molar-refractivity contribution is 5.78. The first-order valence-corrected chi connectivity index (χ1v) is 9.89. The van der Waals surface area contributed by atoms with E-state index in [4.69, 9.17) is 9.47 Å². The molecule has 0 aromatic heterocycles. The minimum absolute atomic E-state index is 0.473. The molecule has 158 valence electrons. The molecule has 1 fully saturated rings. The number of para-hydroxylation sites is 1. The minimum atomic E-state index is -1.77. The van der Waals surface area contributed by atoms with Crippen LogP contribution in [0.25, 0.3) is 0 Å². The summed E-state index contributed by atoms with van der Waals surface area (Å²) < 4.78 is 37.1. The molecule has 30 heavy (non-hydrogen) atoms. The molecule has 5 heteroatoms. The molecule has 0 N–H and O–H groups in total. The van der Waals surface area contributed by atoms with Crippen LogP contribution >= 0.6 is 0 Å². The van der Waals surface area contributed by atoms with Crippen LogP contribution in [0.3, 0.4) is 0 Å². The number of esters is 1. The van der Waals surface area contributed by atoms with E-state index in [1.165, 1.54) is 0 Å². The number of carbonyl (C=O) groups excluding carboxylic acids is 1. The lowest BCUT2D eigenvalue weighted by Gasteiger charge is -2.17. The zero-order chi connectivity index (χ0) is 21.9. The maximum absolute atomic E-state index is 12.8. The fourth-order valence-electron chi connectivity index (χ4n) is 3.65. The molecule has 0 heterocycles. The predicted octanol–water partition coefficient (Wildman–Crippen LogP) is 7.08. The summed E-state index contributed by atoms with van der Waals surface area (Å²) in [7, 11) is 0. The van der Waals surface area contributed by atoms with Crippen LogP contribution in [0, 0.1) is 17.3 Å². The zero-order valence-electron chi connectivity index (χ0n) is 17.6. The van der Waals surface area contributed by atoms with Gasteiger partial charge in [0.15, 0.2) is 0 Å². The highest BCUT2D eigenvalue weighted by Crippen LogP contribution is 2.60. The lowest BCUT2D eigenvalue weighted by Crippen LogP contribution is -2.14. The summed E-state index contributed by atoms with van der Waals surface area (Å²) in [6.07, 6.45) is 0.305. The van der Waals surface area contributed by atoms with Gasteiger partial charge in [-0.1, -0.05) is 49.8 Å². The van der Waals surface area contributed by atoms with Gasteiger partial charge >= 0.3 is 5.97 Å². The molecule has 3 atom stereocenters. The van der Waals surface area contributed by atoms with Crippen LogP contribution in [-0.2, 0) is 9.53 Å². The van der Waals surface area contributed by atoms with E-state index in [2.05, 4.69) is 0 Å². The third-order valence-electron chi connectivity index (χ3n) is 5.36. The van der Waals surface area contributed by atoms with E-state index >= 15 is 0 Å². The molecular weight excluding hydrogens is 386 g/mol. The molecule has 3 rings (SSSR count). The van der Waals surface area contributed by atoms with E-state index in [1.807, 2.05) is 74.5 Å². The van der Waals surface area contributed by atoms with E-state index in [1.54, 1.807) is 13.8 Å². The highest BCUT2D eigenvalue weighted by atomic mass is 19.3. The van der Waals surface area contributed by atoms with Crippen LogP contribution in [0.4, 0.5) is 8.78 Å². The molecule has 3 nitrogen and oxygen atoms in total. The summed E-state index contributed by atoms with van der Waals surface area (Å²) in [5, 5.41) is 0. The van der Waals surface area contributed by atoms with Gasteiger partial charge in [-0.25, -0.2) is 0 Å². The van der Waals surface area contributed by atoms with E-state index in [-0.39, 0.29) is 0 Å². The van der Waals surface area contributed by atoms with Crippen molar-refractivity contribution in [2.24, 2.45) is 17.3 Å². The van der Waals surface area contributed by atoms with Crippen LogP contribution in [0.15, 0.2) is 78.4 Å². The molecule has 0 saturated heterocycles. The Morgan fingerprint density at radius 1 is 1.03 bits per heavy atom. The number of rotatable bonds is 7. The van der Waals surface area contributed by atoms with Crippen molar-refractivity contribution in [1.29, 1.82) is 0 Å². The Morgan fingerprint density at radius 3 is 2.33 bits per heavy atom. The van der Waals surface area contributed by atoms with Crippen molar-refractivity contribution >= 4 is 5.97 Å². The molecule has 3 unspecified atom stereocenters. The number of carbonyl (C=O) groups is 1. The van der Waals surface area contributed by atoms with Crippen LogP contribution in [0.5, 0.6) is 11.5 Å². The second-order valence-corrected chi connectivity index (χ2v) is 8.37. The molecule has 0 spiro atoms. The molecule has 0 radical (unpaired) electrons. The monoisotopic (exact) mass is 412 g/mol. The van der Waals surface area contributed by atoms with Crippen molar-refractivity contribution in [3.05, 3.63) is 84.0 Å². The normalized spacial score (nSPS) is 19.9. The average Bonchev–Trinajstić information content (AvgIpc) is 3.21. The third kappa shape index (κ3) is 5.15. The maximum atomic E-state index is 12.8. The molecule has 1 aliphatic carbocycles. The Balaban J connectivity index is 1.80. The van der Waals surface area contributed by atoms with Crippen molar-refractivity contribution in [3.63, 3.8) is 0 Å². The summed E-state index contributed by atoms with van der Waals surface area (Å²) in [6.45, 7) is 7.42. The van der Waals surface area contributed by atoms with Crippen molar-refractivity contribution in [2.75, 3.05) is 0 Å². The Labute approximate surface area is 176 Å². The number of halogens is 2. The summed E-state index contributed by atoms with van der Waals surface area (Å²) in [5.74, 6) is -0.257. The Bertz CT molecular complexity index is 955. The van der Waals surface area contributed by atoms with E-state index < -0.39 is 35.4 Å². The standard InChI is InChI=1S/C25H26F2O3/c1-16(2)13-21(30-24(28)23-20(15-22(26)27)25(23,3)4)17-9-8-12-19(14-17)29-18-10-6-5-7-11-18/h5-15,20-21,23H,1-4H3. The quantitative estimate of drug-likeness (QED) is 0.360. The molecule has 1 saturated carbocycles. The van der Waals surface area contributed by atoms with E-state index in [0.29, 0.717) is 11.5 Å². The summed E-state index contributed by atoms with van der Waals surface area (Å²) >= 11 is 0. The zero-order valence-corrected chi connectivity index (χ0v) is 17.6. The van der Waals surface area contributed by atoms with Gasteiger partial charge in [0.2, 0.25) is 0 Å². The fourth-order valence-corrected chi connectivity index (χ4v) is 3.65. The SMILES string of the molecule is CC(C)=CC(OC(=O)C1C(C=C(F)F)C1(C)C)c1cccc(Oc2ccccc2)c1. The third-order valence-corrected chi connectivity index (χ3v) is 5.36. The van der Waals surface area contributed by atoms with Crippen LogP contribution in [0.2, 0.25) is 0 Å². The summed E-state index contributed by atoms with van der Waals surface area (Å²) in [6, 6.07) is 16.7.